The van der Waals surface area contributed by atoms with Crippen LogP contribution in [-0.2, 0) is 15.8 Å². The summed E-state index contributed by atoms with van der Waals surface area (Å²) in [5.74, 6) is 1.39. The molecule has 2 N–H and O–H groups in total. The summed E-state index contributed by atoms with van der Waals surface area (Å²) >= 11 is 0. The van der Waals surface area contributed by atoms with Gasteiger partial charge in [0, 0.05) is 25.2 Å². The summed E-state index contributed by atoms with van der Waals surface area (Å²) in [7, 11) is -3.34. The molecule has 0 aliphatic heterocycles. The van der Waals surface area contributed by atoms with Crippen LogP contribution in [0.15, 0.2) is 16.9 Å². The lowest BCUT2D eigenvalue weighted by Gasteiger charge is -2.32. The minimum Gasteiger partial charge on any atom is -0.364 e. The van der Waals surface area contributed by atoms with Gasteiger partial charge in [0.1, 0.15) is 12.0 Å². The molecule has 1 saturated carbocycles. The molecule has 1 aliphatic rings. The average molecular weight is 315 g/mol. The van der Waals surface area contributed by atoms with Gasteiger partial charge < -0.3 is 9.84 Å². The van der Waals surface area contributed by atoms with E-state index < -0.39 is 10.0 Å². The summed E-state index contributed by atoms with van der Waals surface area (Å²) < 4.78 is 30.9. The maximum atomic E-state index is 11.8. The van der Waals surface area contributed by atoms with Crippen LogP contribution in [0.2, 0.25) is 0 Å². The molecule has 21 heavy (non-hydrogen) atoms. The second kappa shape index (κ2) is 7.38. The van der Waals surface area contributed by atoms with Gasteiger partial charge in [-0.3, -0.25) is 0 Å². The molecule has 0 spiro atoms. The van der Waals surface area contributed by atoms with Crippen molar-refractivity contribution in [2.24, 2.45) is 11.8 Å². The maximum Gasteiger partial charge on any atom is 0.217 e. The smallest absolute Gasteiger partial charge is 0.217 e. The van der Waals surface area contributed by atoms with Crippen LogP contribution in [0.5, 0.6) is 0 Å². The van der Waals surface area contributed by atoms with Crippen LogP contribution in [0.1, 0.15) is 38.8 Å². The number of rotatable bonds is 7. The summed E-state index contributed by atoms with van der Waals surface area (Å²) in [5, 5.41) is 7.05. The Hall–Kier alpha value is -0.920. The minimum atomic E-state index is -3.34. The Labute approximate surface area is 126 Å². The average Bonchev–Trinajstić information content (AvgIpc) is 2.91. The van der Waals surface area contributed by atoms with Crippen LogP contribution in [0, 0.1) is 11.8 Å². The van der Waals surface area contributed by atoms with Gasteiger partial charge in [-0.25, -0.2) is 13.1 Å². The summed E-state index contributed by atoms with van der Waals surface area (Å²) in [6, 6.07) is 2.07. The van der Waals surface area contributed by atoms with Crippen molar-refractivity contribution in [1.82, 2.24) is 15.2 Å². The molecule has 0 radical (unpaired) electrons. The molecule has 0 amide bonds. The fourth-order valence-electron chi connectivity index (χ4n) is 2.77. The van der Waals surface area contributed by atoms with E-state index in [1.165, 1.54) is 25.5 Å². The van der Waals surface area contributed by atoms with Gasteiger partial charge in [-0.05, 0) is 31.1 Å². The van der Waals surface area contributed by atoms with Crippen LogP contribution < -0.4 is 10.0 Å². The number of sulfonamides is 1. The summed E-state index contributed by atoms with van der Waals surface area (Å²) in [6.07, 6.45) is 4.97. The molecule has 3 atom stereocenters. The van der Waals surface area contributed by atoms with Crippen molar-refractivity contribution in [2.75, 3.05) is 13.1 Å². The molecule has 1 aromatic rings. The summed E-state index contributed by atoms with van der Waals surface area (Å²) in [4.78, 5) is 0. The predicted molar refractivity (Wildman–Crippen MR) is 81.1 cm³/mol. The van der Waals surface area contributed by atoms with Gasteiger partial charge in [0.15, 0.2) is 0 Å². The Morgan fingerprint density at radius 1 is 1.29 bits per heavy atom. The molecule has 6 nitrogen and oxygen atoms in total. The van der Waals surface area contributed by atoms with E-state index in [-0.39, 0.29) is 5.75 Å². The Bertz CT molecular complexity index is 516. The van der Waals surface area contributed by atoms with Gasteiger partial charge in [0.05, 0.1) is 5.69 Å². The van der Waals surface area contributed by atoms with Crippen molar-refractivity contribution in [3.05, 3.63) is 18.0 Å². The SMILES string of the molecule is CC1CCC(NCCNS(=O)(=O)Cc2ccon2)CC1C. The van der Waals surface area contributed by atoms with E-state index in [0.29, 0.717) is 24.8 Å². The van der Waals surface area contributed by atoms with Gasteiger partial charge in [-0.2, -0.15) is 0 Å². The third kappa shape index (κ3) is 5.41. The number of hydrogen-bond donors (Lipinski definition) is 2. The van der Waals surface area contributed by atoms with Crippen molar-refractivity contribution in [1.29, 1.82) is 0 Å². The normalized spacial score (nSPS) is 26.9. The van der Waals surface area contributed by atoms with E-state index in [1.807, 2.05) is 0 Å². The third-order valence-electron chi connectivity index (χ3n) is 4.31. The first-order chi connectivity index (χ1) is 9.96. The van der Waals surface area contributed by atoms with Gasteiger partial charge in [-0.1, -0.05) is 19.0 Å². The zero-order valence-electron chi connectivity index (χ0n) is 12.7. The predicted octanol–water partition coefficient (Wildman–Crippen LogP) is 1.51. The molecule has 3 unspecified atom stereocenters. The molecule has 1 fully saturated rings. The highest BCUT2D eigenvalue weighted by atomic mass is 32.2. The van der Waals surface area contributed by atoms with Crippen LogP contribution in [0.3, 0.4) is 0 Å². The molecule has 0 saturated heterocycles. The first kappa shape index (κ1) is 16.5. The zero-order chi connectivity index (χ0) is 15.3. The molecule has 7 heteroatoms. The number of aromatic nitrogens is 1. The van der Waals surface area contributed by atoms with Crippen LogP contribution in [0.4, 0.5) is 0 Å². The lowest BCUT2D eigenvalue weighted by molar-refractivity contribution is 0.227. The van der Waals surface area contributed by atoms with Crippen LogP contribution in [0.25, 0.3) is 0 Å². The van der Waals surface area contributed by atoms with Gasteiger partial charge in [0.2, 0.25) is 10.0 Å². The molecule has 0 bridgehead atoms. The summed E-state index contributed by atoms with van der Waals surface area (Å²) in [6.45, 7) is 5.66. The van der Waals surface area contributed by atoms with Gasteiger partial charge in [-0.15, -0.1) is 0 Å². The van der Waals surface area contributed by atoms with E-state index in [1.54, 1.807) is 6.07 Å². The third-order valence-corrected chi connectivity index (χ3v) is 5.63. The van der Waals surface area contributed by atoms with Crippen LogP contribution in [-0.4, -0.2) is 32.7 Å². The Morgan fingerprint density at radius 2 is 2.10 bits per heavy atom. The molecular weight excluding hydrogens is 290 g/mol. The highest BCUT2D eigenvalue weighted by Gasteiger charge is 2.23. The molecule has 120 valence electrons. The molecular formula is C14H25N3O3S. The van der Waals surface area contributed by atoms with E-state index in [4.69, 9.17) is 0 Å². The second-order valence-electron chi connectivity index (χ2n) is 6.06. The molecule has 2 rings (SSSR count). The Balaban J connectivity index is 1.65. The highest BCUT2D eigenvalue weighted by molar-refractivity contribution is 7.88. The second-order valence-corrected chi connectivity index (χ2v) is 7.87. The van der Waals surface area contributed by atoms with Crippen molar-refractivity contribution in [2.45, 2.75) is 44.9 Å². The Kier molecular flexibility index (Phi) is 5.78. The zero-order valence-corrected chi connectivity index (χ0v) is 13.5. The lowest BCUT2D eigenvalue weighted by Crippen LogP contribution is -2.40. The van der Waals surface area contributed by atoms with E-state index in [2.05, 4.69) is 33.6 Å². The standard InChI is InChI=1S/C14H25N3O3S/c1-11-3-4-13(9-12(11)2)15-6-7-16-21(18,19)10-14-5-8-20-17-14/h5,8,11-13,15-16H,3-4,6-7,9-10H2,1-2H3. The molecule has 0 aromatic carbocycles. The maximum absolute atomic E-state index is 11.8. The fourth-order valence-corrected chi connectivity index (χ4v) is 3.83. The van der Waals surface area contributed by atoms with Crippen LogP contribution >= 0.6 is 0 Å². The number of nitrogens with zero attached hydrogens (tertiary/aromatic N) is 1. The monoisotopic (exact) mass is 315 g/mol. The van der Waals surface area contributed by atoms with Crippen molar-refractivity contribution in [3.8, 4) is 0 Å². The number of nitrogens with one attached hydrogen (secondary N) is 2. The molecule has 1 heterocycles. The van der Waals surface area contributed by atoms with E-state index in [9.17, 15) is 8.42 Å². The molecule has 1 aromatic heterocycles. The summed E-state index contributed by atoms with van der Waals surface area (Å²) in [5.41, 5.74) is 0.422. The van der Waals surface area contributed by atoms with Gasteiger partial charge in [0.25, 0.3) is 0 Å². The number of hydrogen-bond acceptors (Lipinski definition) is 5. The lowest BCUT2D eigenvalue weighted by atomic mass is 9.79. The highest BCUT2D eigenvalue weighted by Crippen LogP contribution is 2.29. The van der Waals surface area contributed by atoms with Crippen molar-refractivity contribution in [3.63, 3.8) is 0 Å². The largest absolute Gasteiger partial charge is 0.364 e. The first-order valence-electron chi connectivity index (χ1n) is 7.56. The van der Waals surface area contributed by atoms with Crippen molar-refractivity contribution >= 4 is 10.0 Å². The first-order valence-corrected chi connectivity index (χ1v) is 9.21. The van der Waals surface area contributed by atoms with E-state index >= 15 is 0 Å². The topological polar surface area (TPSA) is 84.2 Å². The minimum absolute atomic E-state index is 0.137. The Morgan fingerprint density at radius 3 is 2.76 bits per heavy atom. The quantitative estimate of drug-likeness (QED) is 0.745. The van der Waals surface area contributed by atoms with E-state index in [0.717, 1.165) is 11.8 Å². The van der Waals surface area contributed by atoms with Gasteiger partial charge >= 0.3 is 0 Å². The fraction of sp³-hybridized carbons (Fsp3) is 0.786. The van der Waals surface area contributed by atoms with Crippen molar-refractivity contribution < 1.29 is 12.9 Å². The molecule has 1 aliphatic carbocycles.